The van der Waals surface area contributed by atoms with Gasteiger partial charge in [0.15, 0.2) is 0 Å². The van der Waals surface area contributed by atoms with Crippen molar-refractivity contribution in [1.82, 2.24) is 15.1 Å². The van der Waals surface area contributed by atoms with Crippen molar-refractivity contribution < 1.29 is 9.59 Å². The predicted octanol–water partition coefficient (Wildman–Crippen LogP) is 0.653. The molecule has 0 aromatic carbocycles. The third kappa shape index (κ3) is 2.54. The molecule has 2 aliphatic rings. The first-order valence-electron chi connectivity index (χ1n) is 6.20. The van der Waals surface area contributed by atoms with Gasteiger partial charge in [0.1, 0.15) is 0 Å². The van der Waals surface area contributed by atoms with E-state index in [1.807, 2.05) is 12.1 Å². The van der Waals surface area contributed by atoms with E-state index in [2.05, 4.69) is 21.2 Å². The van der Waals surface area contributed by atoms with Crippen molar-refractivity contribution in [3.05, 3.63) is 20.8 Å². The van der Waals surface area contributed by atoms with Crippen LogP contribution in [0.15, 0.2) is 15.9 Å². The maximum Gasteiger partial charge on any atom is 0.312 e. The molecule has 5 nitrogen and oxygen atoms in total. The first-order chi connectivity index (χ1) is 9.15. The van der Waals surface area contributed by atoms with E-state index >= 15 is 0 Å². The summed E-state index contributed by atoms with van der Waals surface area (Å²) in [5.41, 5.74) is 0. The minimum absolute atomic E-state index is 0.113. The summed E-state index contributed by atoms with van der Waals surface area (Å²) in [5.74, 6) is -0.726. The van der Waals surface area contributed by atoms with Gasteiger partial charge in [-0.2, -0.15) is 0 Å². The summed E-state index contributed by atoms with van der Waals surface area (Å²) in [6.45, 7) is 3.31. The van der Waals surface area contributed by atoms with E-state index in [1.165, 1.54) is 0 Å². The van der Waals surface area contributed by atoms with Gasteiger partial charge in [-0.05, 0) is 28.1 Å². The third-order valence-electron chi connectivity index (χ3n) is 3.49. The number of carbonyl (C=O) groups excluding carboxylic acids is 2. The van der Waals surface area contributed by atoms with E-state index in [9.17, 15) is 9.59 Å². The van der Waals surface area contributed by atoms with E-state index in [0.717, 1.165) is 21.8 Å². The minimum Gasteiger partial charge on any atom is -0.327 e. The Bertz CT molecular complexity index is 519. The molecule has 1 unspecified atom stereocenters. The number of hydrogen-bond acceptors (Lipinski definition) is 4. The molecule has 1 aromatic heterocycles. The Morgan fingerprint density at radius 1 is 1.37 bits per heavy atom. The SMILES string of the molecule is O=C1C(=O)N2CCNCC2CN1Cc1ccc(Br)s1. The van der Waals surface area contributed by atoms with Crippen LogP contribution in [-0.2, 0) is 16.1 Å². The molecule has 7 heteroatoms. The van der Waals surface area contributed by atoms with E-state index in [0.29, 0.717) is 19.6 Å². The van der Waals surface area contributed by atoms with Gasteiger partial charge in [0.25, 0.3) is 0 Å². The zero-order chi connectivity index (χ0) is 13.4. The molecule has 3 heterocycles. The number of halogens is 1. The molecule has 0 aliphatic carbocycles. The van der Waals surface area contributed by atoms with E-state index in [1.54, 1.807) is 21.1 Å². The molecule has 0 spiro atoms. The maximum atomic E-state index is 12.1. The lowest BCUT2D eigenvalue weighted by Crippen LogP contribution is -2.65. The fraction of sp³-hybridized carbons (Fsp3) is 0.500. The molecule has 2 aliphatic heterocycles. The minimum atomic E-state index is -0.373. The Labute approximate surface area is 123 Å². The largest absolute Gasteiger partial charge is 0.327 e. The number of hydrogen-bond donors (Lipinski definition) is 1. The van der Waals surface area contributed by atoms with Gasteiger partial charge in [0.2, 0.25) is 0 Å². The van der Waals surface area contributed by atoms with Gasteiger partial charge < -0.3 is 15.1 Å². The predicted molar refractivity (Wildman–Crippen MR) is 75.8 cm³/mol. The summed E-state index contributed by atoms with van der Waals surface area (Å²) in [6.07, 6.45) is 0. The molecule has 0 bridgehead atoms. The molecular weight excluding hydrogens is 330 g/mol. The number of rotatable bonds is 2. The number of carbonyl (C=O) groups is 2. The van der Waals surface area contributed by atoms with Crippen LogP contribution < -0.4 is 5.32 Å². The van der Waals surface area contributed by atoms with E-state index in [-0.39, 0.29) is 17.9 Å². The molecule has 0 saturated carbocycles. The van der Waals surface area contributed by atoms with Gasteiger partial charge in [-0.25, -0.2) is 0 Å². The molecule has 1 aromatic rings. The monoisotopic (exact) mass is 343 g/mol. The van der Waals surface area contributed by atoms with Crippen LogP contribution >= 0.6 is 27.3 Å². The van der Waals surface area contributed by atoms with Crippen molar-refractivity contribution in [2.24, 2.45) is 0 Å². The molecule has 102 valence electrons. The van der Waals surface area contributed by atoms with Crippen molar-refractivity contribution in [3.8, 4) is 0 Å². The van der Waals surface area contributed by atoms with Gasteiger partial charge in [0.05, 0.1) is 16.4 Å². The normalized spacial score (nSPS) is 23.7. The van der Waals surface area contributed by atoms with Gasteiger partial charge in [-0.1, -0.05) is 0 Å². The lowest BCUT2D eigenvalue weighted by Gasteiger charge is -2.43. The molecule has 2 amide bonds. The van der Waals surface area contributed by atoms with E-state index in [4.69, 9.17) is 0 Å². The third-order valence-corrected chi connectivity index (χ3v) is 5.10. The highest BCUT2D eigenvalue weighted by Crippen LogP contribution is 2.24. The van der Waals surface area contributed by atoms with Crippen LogP contribution in [0, 0.1) is 0 Å². The van der Waals surface area contributed by atoms with Crippen molar-refractivity contribution in [1.29, 1.82) is 0 Å². The summed E-state index contributed by atoms with van der Waals surface area (Å²) in [6, 6.07) is 4.06. The number of thiophene rings is 1. The Morgan fingerprint density at radius 2 is 2.21 bits per heavy atom. The van der Waals surface area contributed by atoms with Crippen LogP contribution in [0.25, 0.3) is 0 Å². The summed E-state index contributed by atoms with van der Waals surface area (Å²) >= 11 is 5.01. The second-order valence-corrected chi connectivity index (χ2v) is 7.30. The second kappa shape index (κ2) is 5.22. The average Bonchev–Trinajstić information content (AvgIpc) is 2.81. The Kier molecular flexibility index (Phi) is 3.60. The zero-order valence-corrected chi connectivity index (χ0v) is 12.7. The molecular formula is C12H14BrN3O2S. The number of nitrogens with zero attached hydrogens (tertiary/aromatic N) is 2. The fourth-order valence-corrected chi connectivity index (χ4v) is 4.05. The molecule has 1 atom stereocenters. The first-order valence-corrected chi connectivity index (χ1v) is 7.81. The quantitative estimate of drug-likeness (QED) is 0.802. The highest BCUT2D eigenvalue weighted by Gasteiger charge is 2.39. The fourth-order valence-electron chi connectivity index (χ4n) is 2.55. The summed E-state index contributed by atoms with van der Waals surface area (Å²) in [7, 11) is 0. The standard InChI is InChI=1S/C12H14BrN3O2S/c13-10-2-1-9(19-10)7-15-6-8-5-14-3-4-16(8)12(18)11(15)17/h1-2,8,14H,3-7H2. The van der Waals surface area contributed by atoms with Gasteiger partial charge >= 0.3 is 11.8 Å². The second-order valence-electron chi connectivity index (χ2n) is 4.75. The van der Waals surface area contributed by atoms with Crippen LogP contribution in [0.5, 0.6) is 0 Å². The smallest absolute Gasteiger partial charge is 0.312 e. The highest BCUT2D eigenvalue weighted by molar-refractivity contribution is 9.11. The lowest BCUT2D eigenvalue weighted by molar-refractivity contribution is -0.160. The zero-order valence-electron chi connectivity index (χ0n) is 10.3. The lowest BCUT2D eigenvalue weighted by atomic mass is 10.1. The average molecular weight is 344 g/mol. The highest BCUT2D eigenvalue weighted by atomic mass is 79.9. The molecule has 2 saturated heterocycles. The number of nitrogens with one attached hydrogen (secondary N) is 1. The van der Waals surface area contributed by atoms with Crippen molar-refractivity contribution >= 4 is 39.1 Å². The Balaban J connectivity index is 1.75. The molecule has 2 fully saturated rings. The van der Waals surface area contributed by atoms with Crippen LogP contribution in [0.1, 0.15) is 4.88 Å². The summed E-state index contributed by atoms with van der Waals surface area (Å²) in [5, 5.41) is 3.27. The maximum absolute atomic E-state index is 12.1. The summed E-state index contributed by atoms with van der Waals surface area (Å²) in [4.78, 5) is 28.6. The summed E-state index contributed by atoms with van der Waals surface area (Å²) < 4.78 is 1.04. The van der Waals surface area contributed by atoms with Crippen molar-refractivity contribution in [2.45, 2.75) is 12.6 Å². The van der Waals surface area contributed by atoms with Crippen LogP contribution in [0.3, 0.4) is 0 Å². The Hall–Kier alpha value is -0.920. The van der Waals surface area contributed by atoms with Crippen LogP contribution in [-0.4, -0.2) is 53.8 Å². The Morgan fingerprint density at radius 3 is 2.95 bits per heavy atom. The molecule has 3 rings (SSSR count). The molecule has 19 heavy (non-hydrogen) atoms. The topological polar surface area (TPSA) is 52.7 Å². The number of amides is 2. The number of piperazine rings is 2. The van der Waals surface area contributed by atoms with Crippen molar-refractivity contribution in [2.75, 3.05) is 26.2 Å². The molecule has 0 radical (unpaired) electrons. The molecule has 1 N–H and O–H groups in total. The van der Waals surface area contributed by atoms with Crippen molar-refractivity contribution in [3.63, 3.8) is 0 Å². The number of fused-ring (bicyclic) bond motifs is 1. The first kappa shape index (κ1) is 13.1. The van der Waals surface area contributed by atoms with Gasteiger partial charge in [-0.3, -0.25) is 9.59 Å². The van der Waals surface area contributed by atoms with E-state index < -0.39 is 0 Å². The van der Waals surface area contributed by atoms with Crippen LogP contribution in [0.2, 0.25) is 0 Å². The van der Waals surface area contributed by atoms with Crippen LogP contribution in [0.4, 0.5) is 0 Å². The van der Waals surface area contributed by atoms with Gasteiger partial charge in [0, 0.05) is 31.1 Å². The van der Waals surface area contributed by atoms with Gasteiger partial charge in [-0.15, -0.1) is 11.3 Å².